The molecule has 0 spiro atoms. The molecule has 0 aliphatic heterocycles. The fraction of sp³-hybridized carbons (Fsp3) is 1.00. The molecule has 0 aromatic heterocycles. The minimum atomic E-state index is -4.53. The Morgan fingerprint density at radius 3 is 2.18 bits per heavy atom. The maximum atomic E-state index is 12.3. The summed E-state index contributed by atoms with van der Waals surface area (Å²) in [6, 6.07) is 0. The summed E-state index contributed by atoms with van der Waals surface area (Å²) < 4.78 is 61.3. The van der Waals surface area contributed by atoms with Crippen molar-refractivity contribution in [2.75, 3.05) is 19.6 Å². The molecule has 1 saturated carbocycles. The van der Waals surface area contributed by atoms with E-state index in [4.69, 9.17) is 5.73 Å². The van der Waals surface area contributed by atoms with Gasteiger partial charge < -0.3 is 5.73 Å². The summed E-state index contributed by atoms with van der Waals surface area (Å²) in [6.45, 7) is -1.83. The monoisotopic (exact) mass is 274 g/mol. The van der Waals surface area contributed by atoms with Crippen LogP contribution in [0.2, 0.25) is 0 Å². The third-order valence-corrected chi connectivity index (χ3v) is 5.16. The molecule has 1 aliphatic carbocycles. The number of nitrogens with zero attached hydrogens (tertiary/aromatic N) is 1. The molecule has 1 aliphatic rings. The zero-order valence-corrected chi connectivity index (χ0v) is 10.2. The molecule has 8 heteroatoms. The van der Waals surface area contributed by atoms with Crippen LogP contribution in [0.5, 0.6) is 0 Å². The smallest absolute Gasteiger partial charge is 0.329 e. The van der Waals surface area contributed by atoms with Crippen molar-refractivity contribution in [2.45, 2.75) is 37.1 Å². The molecule has 1 rings (SSSR count). The van der Waals surface area contributed by atoms with E-state index < -0.39 is 28.0 Å². The Morgan fingerprint density at radius 2 is 1.76 bits per heavy atom. The van der Waals surface area contributed by atoms with Gasteiger partial charge in [-0.1, -0.05) is 12.8 Å². The van der Waals surface area contributed by atoms with E-state index in [1.165, 1.54) is 0 Å². The minimum absolute atomic E-state index is 0.109. The lowest BCUT2D eigenvalue weighted by Gasteiger charge is -2.25. The first-order valence-electron chi connectivity index (χ1n) is 5.53. The highest BCUT2D eigenvalue weighted by Gasteiger charge is 2.40. The zero-order chi connectivity index (χ0) is 13.1. The highest BCUT2D eigenvalue weighted by Crippen LogP contribution is 2.28. The SMILES string of the molecule is NCCN(CC(F)(F)F)S(=O)(=O)C1CCCC1. The number of nitrogens with two attached hydrogens (primary N) is 1. The first kappa shape index (κ1) is 14.7. The van der Waals surface area contributed by atoms with Gasteiger partial charge in [-0.2, -0.15) is 17.5 Å². The Bertz CT molecular complexity index is 337. The second-order valence-electron chi connectivity index (χ2n) is 4.19. The number of alkyl halides is 3. The van der Waals surface area contributed by atoms with Gasteiger partial charge in [-0.3, -0.25) is 0 Å². The highest BCUT2D eigenvalue weighted by molar-refractivity contribution is 7.89. The van der Waals surface area contributed by atoms with E-state index in [-0.39, 0.29) is 13.1 Å². The van der Waals surface area contributed by atoms with E-state index in [1.54, 1.807) is 0 Å². The molecular formula is C9H17F3N2O2S. The number of rotatable bonds is 5. The molecule has 102 valence electrons. The van der Waals surface area contributed by atoms with Crippen molar-refractivity contribution in [3.63, 3.8) is 0 Å². The lowest BCUT2D eigenvalue weighted by Crippen LogP contribution is -2.45. The molecule has 0 unspecified atom stereocenters. The molecule has 0 aromatic rings. The van der Waals surface area contributed by atoms with Crippen LogP contribution in [-0.4, -0.2) is 43.8 Å². The van der Waals surface area contributed by atoms with Gasteiger partial charge in [0.05, 0.1) is 5.25 Å². The van der Waals surface area contributed by atoms with Crippen molar-refractivity contribution in [1.29, 1.82) is 0 Å². The molecule has 17 heavy (non-hydrogen) atoms. The summed E-state index contributed by atoms with van der Waals surface area (Å²) in [5.74, 6) is 0. The van der Waals surface area contributed by atoms with Gasteiger partial charge in [0.1, 0.15) is 6.54 Å². The summed E-state index contributed by atoms with van der Waals surface area (Å²) in [6.07, 6.45) is -2.12. The largest absolute Gasteiger partial charge is 0.402 e. The molecule has 0 atom stereocenters. The molecule has 0 amide bonds. The maximum Gasteiger partial charge on any atom is 0.402 e. The van der Waals surface area contributed by atoms with E-state index in [1.807, 2.05) is 0 Å². The molecule has 4 nitrogen and oxygen atoms in total. The van der Waals surface area contributed by atoms with Gasteiger partial charge in [0, 0.05) is 13.1 Å². The van der Waals surface area contributed by atoms with E-state index >= 15 is 0 Å². The number of halogens is 3. The van der Waals surface area contributed by atoms with E-state index in [2.05, 4.69) is 0 Å². The highest BCUT2D eigenvalue weighted by atomic mass is 32.2. The lowest BCUT2D eigenvalue weighted by molar-refractivity contribution is -0.136. The molecule has 0 saturated heterocycles. The topological polar surface area (TPSA) is 63.4 Å². The Labute approximate surface area is 99.0 Å². The van der Waals surface area contributed by atoms with Crippen LogP contribution in [0.4, 0.5) is 13.2 Å². The average Bonchev–Trinajstić information content (AvgIpc) is 2.68. The van der Waals surface area contributed by atoms with Crippen LogP contribution in [-0.2, 0) is 10.0 Å². The normalized spacial score (nSPS) is 19.1. The van der Waals surface area contributed by atoms with Gasteiger partial charge in [-0.15, -0.1) is 0 Å². The Balaban J connectivity index is 2.81. The second kappa shape index (κ2) is 5.53. The van der Waals surface area contributed by atoms with E-state index in [0.29, 0.717) is 17.1 Å². The van der Waals surface area contributed by atoms with Crippen LogP contribution in [0.3, 0.4) is 0 Å². The molecule has 0 heterocycles. The predicted octanol–water partition coefficient (Wildman–Crippen LogP) is 1.08. The van der Waals surface area contributed by atoms with Crippen LogP contribution in [0.1, 0.15) is 25.7 Å². The average molecular weight is 274 g/mol. The van der Waals surface area contributed by atoms with Gasteiger partial charge in [0.25, 0.3) is 0 Å². The van der Waals surface area contributed by atoms with Crippen molar-refractivity contribution in [1.82, 2.24) is 4.31 Å². The van der Waals surface area contributed by atoms with Crippen LogP contribution >= 0.6 is 0 Å². The molecular weight excluding hydrogens is 257 g/mol. The molecule has 0 bridgehead atoms. The number of sulfonamides is 1. The zero-order valence-electron chi connectivity index (χ0n) is 9.41. The summed E-state index contributed by atoms with van der Waals surface area (Å²) in [7, 11) is -3.86. The van der Waals surface area contributed by atoms with Crippen LogP contribution < -0.4 is 5.73 Å². The Kier molecular flexibility index (Phi) is 4.79. The fourth-order valence-electron chi connectivity index (χ4n) is 2.04. The molecule has 0 radical (unpaired) electrons. The molecule has 0 aromatic carbocycles. The first-order valence-corrected chi connectivity index (χ1v) is 7.03. The van der Waals surface area contributed by atoms with Crippen molar-refractivity contribution in [2.24, 2.45) is 5.73 Å². The predicted molar refractivity (Wildman–Crippen MR) is 57.9 cm³/mol. The first-order chi connectivity index (χ1) is 7.77. The summed E-state index contributed by atoms with van der Waals surface area (Å²) in [5.41, 5.74) is 5.17. The standard InChI is InChI=1S/C9H17F3N2O2S/c10-9(11,12)7-14(6-5-13)17(15,16)8-3-1-2-4-8/h8H,1-7,13H2. The third-order valence-electron chi connectivity index (χ3n) is 2.82. The third kappa shape index (κ3) is 4.11. The summed E-state index contributed by atoms with van der Waals surface area (Å²) in [4.78, 5) is 0. The quantitative estimate of drug-likeness (QED) is 0.816. The van der Waals surface area contributed by atoms with Crippen molar-refractivity contribution < 1.29 is 21.6 Å². The van der Waals surface area contributed by atoms with Gasteiger partial charge >= 0.3 is 6.18 Å². The maximum absolute atomic E-state index is 12.3. The van der Waals surface area contributed by atoms with E-state index in [9.17, 15) is 21.6 Å². The van der Waals surface area contributed by atoms with Crippen molar-refractivity contribution >= 4 is 10.0 Å². The molecule has 2 N–H and O–H groups in total. The van der Waals surface area contributed by atoms with Crippen molar-refractivity contribution in [3.05, 3.63) is 0 Å². The Morgan fingerprint density at radius 1 is 1.24 bits per heavy atom. The summed E-state index contributed by atoms with van der Waals surface area (Å²) >= 11 is 0. The van der Waals surface area contributed by atoms with Gasteiger partial charge in [-0.25, -0.2) is 8.42 Å². The lowest BCUT2D eigenvalue weighted by atomic mass is 10.4. The van der Waals surface area contributed by atoms with Crippen LogP contribution in [0.15, 0.2) is 0 Å². The fourth-order valence-corrected chi connectivity index (χ4v) is 4.07. The van der Waals surface area contributed by atoms with Crippen LogP contribution in [0, 0.1) is 0 Å². The van der Waals surface area contributed by atoms with E-state index in [0.717, 1.165) is 12.8 Å². The number of hydrogen-bond acceptors (Lipinski definition) is 3. The van der Waals surface area contributed by atoms with Crippen LogP contribution in [0.25, 0.3) is 0 Å². The van der Waals surface area contributed by atoms with Gasteiger partial charge in [0.2, 0.25) is 10.0 Å². The van der Waals surface area contributed by atoms with Gasteiger partial charge in [-0.05, 0) is 12.8 Å². The summed E-state index contributed by atoms with van der Waals surface area (Å²) in [5, 5.41) is -0.670. The second-order valence-corrected chi connectivity index (χ2v) is 6.40. The minimum Gasteiger partial charge on any atom is -0.329 e. The van der Waals surface area contributed by atoms with Gasteiger partial charge in [0.15, 0.2) is 0 Å². The Hall–Kier alpha value is -0.340. The number of hydrogen-bond donors (Lipinski definition) is 1. The molecule has 1 fully saturated rings. The van der Waals surface area contributed by atoms with Crippen molar-refractivity contribution in [3.8, 4) is 0 Å².